The number of hydrogen-bond donors (Lipinski definition) is 0. The molecule has 0 fully saturated rings. The molecule has 0 amide bonds. The molecule has 0 bridgehead atoms. The van der Waals surface area contributed by atoms with Crippen molar-refractivity contribution in [1.82, 2.24) is 14.5 Å². The number of carbonyl (C=O) groups excluding carboxylic acids is 1. The van der Waals surface area contributed by atoms with Gasteiger partial charge in [-0.3, -0.25) is 4.79 Å². The molecule has 2 aromatic carbocycles. The van der Waals surface area contributed by atoms with Gasteiger partial charge in [0.25, 0.3) is 5.22 Å². The second-order valence-corrected chi connectivity index (χ2v) is 10.1. The van der Waals surface area contributed by atoms with Crippen LogP contribution in [-0.4, -0.2) is 54.2 Å². The molecule has 3 rings (SSSR count). The van der Waals surface area contributed by atoms with Gasteiger partial charge >= 0.3 is 0 Å². The van der Waals surface area contributed by atoms with Gasteiger partial charge in [0.15, 0.2) is 5.78 Å². The fourth-order valence-electron chi connectivity index (χ4n) is 3.07. The van der Waals surface area contributed by atoms with E-state index in [1.807, 2.05) is 0 Å². The Labute approximate surface area is 192 Å². The van der Waals surface area contributed by atoms with Crippen LogP contribution in [0.25, 0.3) is 11.5 Å². The first kappa shape index (κ1) is 24.0. The second-order valence-electron chi connectivity index (χ2n) is 6.84. The average molecular weight is 476 g/mol. The summed E-state index contributed by atoms with van der Waals surface area (Å²) < 4.78 is 37.8. The third kappa shape index (κ3) is 5.20. The van der Waals surface area contributed by atoms with Crippen LogP contribution >= 0.6 is 11.8 Å². The van der Waals surface area contributed by atoms with Crippen LogP contribution in [0.2, 0.25) is 0 Å². The van der Waals surface area contributed by atoms with Crippen LogP contribution in [0.15, 0.2) is 63.1 Å². The van der Waals surface area contributed by atoms with Crippen molar-refractivity contribution < 1.29 is 22.4 Å². The Morgan fingerprint density at radius 3 is 2.44 bits per heavy atom. The molecular weight excluding hydrogens is 450 g/mol. The molecular formula is C22H25N3O5S2. The lowest BCUT2D eigenvalue weighted by atomic mass is 10.1. The Balaban J connectivity index is 1.76. The average Bonchev–Trinajstić information content (AvgIpc) is 3.28. The molecule has 1 heterocycles. The van der Waals surface area contributed by atoms with E-state index < -0.39 is 15.3 Å². The molecule has 32 heavy (non-hydrogen) atoms. The summed E-state index contributed by atoms with van der Waals surface area (Å²) in [4.78, 5) is 12.8. The Hall–Kier alpha value is -2.69. The summed E-state index contributed by atoms with van der Waals surface area (Å²) in [6.45, 7) is 6.11. The summed E-state index contributed by atoms with van der Waals surface area (Å²) >= 11 is 1.15. The Bertz CT molecular complexity index is 1170. The predicted molar refractivity (Wildman–Crippen MR) is 122 cm³/mol. The van der Waals surface area contributed by atoms with Crippen molar-refractivity contribution in [3.8, 4) is 17.2 Å². The molecule has 0 aliphatic rings. The quantitative estimate of drug-likeness (QED) is 0.318. The number of aromatic nitrogens is 2. The van der Waals surface area contributed by atoms with Crippen LogP contribution in [0.5, 0.6) is 5.75 Å². The van der Waals surface area contributed by atoms with Gasteiger partial charge in [-0.25, -0.2) is 8.42 Å². The third-order valence-corrected chi connectivity index (χ3v) is 7.83. The standard InChI is InChI=1S/C22H25N3O5S2/c1-5-25(6-2)32(27,28)19-9-7-8-17(14-19)21-23-24-22(30-21)31-15(3)20(26)16-10-12-18(29-4)13-11-16/h7-15H,5-6H2,1-4H3. The van der Waals surface area contributed by atoms with Gasteiger partial charge in [0.2, 0.25) is 15.9 Å². The molecule has 0 radical (unpaired) electrons. The van der Waals surface area contributed by atoms with E-state index in [-0.39, 0.29) is 21.8 Å². The highest BCUT2D eigenvalue weighted by Gasteiger charge is 2.23. The molecule has 1 atom stereocenters. The number of rotatable bonds is 10. The lowest BCUT2D eigenvalue weighted by Gasteiger charge is -2.18. The lowest BCUT2D eigenvalue weighted by molar-refractivity contribution is 0.0993. The number of ether oxygens (including phenoxy) is 1. The van der Waals surface area contributed by atoms with Gasteiger partial charge in [-0.1, -0.05) is 31.7 Å². The van der Waals surface area contributed by atoms with Crippen LogP contribution in [0, 0.1) is 0 Å². The minimum absolute atomic E-state index is 0.0790. The van der Waals surface area contributed by atoms with Crippen LogP contribution in [-0.2, 0) is 10.0 Å². The molecule has 0 spiro atoms. The third-order valence-electron chi connectivity index (χ3n) is 4.85. The number of ketones is 1. The zero-order valence-electron chi connectivity index (χ0n) is 18.3. The molecule has 3 aromatic rings. The summed E-state index contributed by atoms with van der Waals surface area (Å²) in [5.74, 6) is 0.784. The van der Waals surface area contributed by atoms with Gasteiger partial charge in [0, 0.05) is 24.2 Å². The van der Waals surface area contributed by atoms with E-state index in [1.54, 1.807) is 70.3 Å². The highest BCUT2D eigenvalue weighted by Crippen LogP contribution is 2.29. The van der Waals surface area contributed by atoms with E-state index in [1.165, 1.54) is 10.4 Å². The van der Waals surface area contributed by atoms with Crippen LogP contribution in [0.1, 0.15) is 31.1 Å². The number of methoxy groups -OCH3 is 1. The van der Waals surface area contributed by atoms with E-state index in [4.69, 9.17) is 9.15 Å². The zero-order chi connectivity index (χ0) is 23.3. The number of Topliss-reactive ketones (excluding diaryl/α,β-unsaturated/α-hetero) is 1. The number of nitrogens with zero attached hydrogens (tertiary/aromatic N) is 3. The van der Waals surface area contributed by atoms with Crippen molar-refractivity contribution >= 4 is 27.6 Å². The van der Waals surface area contributed by atoms with Gasteiger partial charge < -0.3 is 9.15 Å². The molecule has 0 aliphatic carbocycles. The fourth-order valence-corrected chi connectivity index (χ4v) is 5.34. The lowest BCUT2D eigenvalue weighted by Crippen LogP contribution is -2.30. The SMILES string of the molecule is CCN(CC)S(=O)(=O)c1cccc(-c2nnc(SC(C)C(=O)c3ccc(OC)cc3)o2)c1. The number of hydrogen-bond acceptors (Lipinski definition) is 8. The molecule has 170 valence electrons. The smallest absolute Gasteiger partial charge is 0.277 e. The van der Waals surface area contributed by atoms with Crippen molar-refractivity contribution in [3.63, 3.8) is 0 Å². The number of carbonyl (C=O) groups is 1. The Morgan fingerprint density at radius 2 is 1.81 bits per heavy atom. The highest BCUT2D eigenvalue weighted by molar-refractivity contribution is 8.00. The van der Waals surface area contributed by atoms with Crippen molar-refractivity contribution in [2.75, 3.05) is 20.2 Å². The van der Waals surface area contributed by atoms with E-state index in [0.717, 1.165) is 11.8 Å². The maximum Gasteiger partial charge on any atom is 0.277 e. The fraction of sp³-hybridized carbons (Fsp3) is 0.318. The summed E-state index contributed by atoms with van der Waals surface area (Å²) in [5.41, 5.74) is 1.05. The number of benzene rings is 2. The first-order valence-corrected chi connectivity index (χ1v) is 12.4. The Morgan fingerprint density at radius 1 is 1.12 bits per heavy atom. The molecule has 0 aliphatic heterocycles. The number of thioether (sulfide) groups is 1. The second kappa shape index (κ2) is 10.3. The molecule has 10 heteroatoms. The van der Waals surface area contributed by atoms with Crippen LogP contribution in [0.4, 0.5) is 0 Å². The maximum atomic E-state index is 12.8. The minimum Gasteiger partial charge on any atom is -0.497 e. The van der Waals surface area contributed by atoms with E-state index in [0.29, 0.717) is 30.0 Å². The van der Waals surface area contributed by atoms with Crippen LogP contribution in [0.3, 0.4) is 0 Å². The summed E-state index contributed by atoms with van der Waals surface area (Å²) in [6.07, 6.45) is 0. The van der Waals surface area contributed by atoms with Gasteiger partial charge in [-0.05, 0) is 49.4 Å². The first-order chi connectivity index (χ1) is 15.3. The largest absolute Gasteiger partial charge is 0.497 e. The molecule has 0 N–H and O–H groups in total. The topological polar surface area (TPSA) is 103 Å². The maximum absolute atomic E-state index is 12.8. The Kier molecular flexibility index (Phi) is 7.70. The van der Waals surface area contributed by atoms with Crippen molar-refractivity contribution in [2.24, 2.45) is 0 Å². The van der Waals surface area contributed by atoms with Gasteiger partial charge in [-0.2, -0.15) is 4.31 Å². The van der Waals surface area contributed by atoms with Crippen LogP contribution < -0.4 is 4.74 Å². The van der Waals surface area contributed by atoms with Gasteiger partial charge in [0.05, 0.1) is 17.3 Å². The molecule has 0 saturated heterocycles. The summed E-state index contributed by atoms with van der Waals surface area (Å²) in [5, 5.41) is 7.81. The molecule has 1 unspecified atom stereocenters. The summed E-state index contributed by atoms with van der Waals surface area (Å²) in [6, 6.07) is 13.3. The van der Waals surface area contributed by atoms with Gasteiger partial charge in [-0.15, -0.1) is 10.2 Å². The molecule has 8 nitrogen and oxygen atoms in total. The summed E-state index contributed by atoms with van der Waals surface area (Å²) in [7, 11) is -2.04. The minimum atomic E-state index is -3.61. The van der Waals surface area contributed by atoms with Crippen molar-refractivity contribution in [1.29, 1.82) is 0 Å². The molecule has 0 saturated carbocycles. The van der Waals surface area contributed by atoms with E-state index in [2.05, 4.69) is 10.2 Å². The molecule has 1 aromatic heterocycles. The normalized spacial score (nSPS) is 12.7. The van der Waals surface area contributed by atoms with E-state index in [9.17, 15) is 13.2 Å². The monoisotopic (exact) mass is 475 g/mol. The van der Waals surface area contributed by atoms with E-state index >= 15 is 0 Å². The first-order valence-electron chi connectivity index (χ1n) is 10.1. The zero-order valence-corrected chi connectivity index (χ0v) is 19.9. The predicted octanol–water partition coefficient (Wildman–Crippen LogP) is 4.14. The number of sulfonamides is 1. The van der Waals surface area contributed by atoms with Gasteiger partial charge in [0.1, 0.15) is 5.75 Å². The van der Waals surface area contributed by atoms with Crippen molar-refractivity contribution in [3.05, 3.63) is 54.1 Å². The van der Waals surface area contributed by atoms with Crippen molar-refractivity contribution in [2.45, 2.75) is 36.1 Å². The highest BCUT2D eigenvalue weighted by atomic mass is 32.2.